The van der Waals surface area contributed by atoms with E-state index in [0.29, 0.717) is 19.5 Å². The molecule has 0 aliphatic carbocycles. The van der Waals surface area contributed by atoms with Crippen molar-refractivity contribution in [2.75, 3.05) is 30.4 Å². The van der Waals surface area contributed by atoms with Crippen molar-refractivity contribution >= 4 is 23.3 Å². The van der Waals surface area contributed by atoms with Gasteiger partial charge in [-0.25, -0.2) is 4.79 Å². The zero-order valence-corrected chi connectivity index (χ0v) is 15.0. The first-order valence-electron chi connectivity index (χ1n) is 8.61. The van der Waals surface area contributed by atoms with Gasteiger partial charge in [0.15, 0.2) is 0 Å². The smallest absolute Gasteiger partial charge is 0.319 e. The molecule has 0 saturated carbocycles. The second-order valence-corrected chi connectivity index (χ2v) is 6.47. The lowest BCUT2D eigenvalue weighted by atomic mass is 10.1. The van der Waals surface area contributed by atoms with Gasteiger partial charge in [0.1, 0.15) is 5.75 Å². The Balaban J connectivity index is 1.50. The predicted octanol–water partition coefficient (Wildman–Crippen LogP) is 3.18. The molecule has 1 saturated heterocycles. The van der Waals surface area contributed by atoms with Gasteiger partial charge in [-0.05, 0) is 43.3 Å². The molecule has 3 rings (SSSR count). The number of hydrogen-bond acceptors (Lipinski definition) is 3. The highest BCUT2D eigenvalue weighted by Crippen LogP contribution is 2.26. The number of rotatable bonds is 5. The number of benzene rings is 2. The summed E-state index contributed by atoms with van der Waals surface area (Å²) in [6, 6.07) is 14.8. The van der Waals surface area contributed by atoms with Crippen LogP contribution < -0.4 is 20.3 Å². The Labute approximate surface area is 153 Å². The Morgan fingerprint density at radius 3 is 2.50 bits per heavy atom. The van der Waals surface area contributed by atoms with Crippen LogP contribution in [0.15, 0.2) is 48.5 Å². The molecule has 2 N–H and O–H groups in total. The number of urea groups is 1. The molecule has 26 heavy (non-hydrogen) atoms. The number of nitrogens with one attached hydrogen (secondary N) is 2. The van der Waals surface area contributed by atoms with Crippen molar-refractivity contribution in [3.05, 3.63) is 54.1 Å². The fourth-order valence-corrected chi connectivity index (χ4v) is 2.98. The van der Waals surface area contributed by atoms with E-state index in [0.717, 1.165) is 22.7 Å². The molecule has 1 atom stereocenters. The molecule has 1 fully saturated rings. The van der Waals surface area contributed by atoms with Crippen molar-refractivity contribution in [2.45, 2.75) is 13.3 Å². The highest BCUT2D eigenvalue weighted by Gasteiger charge is 2.30. The Hall–Kier alpha value is -3.02. The molecule has 2 aromatic carbocycles. The maximum atomic E-state index is 12.3. The number of amides is 3. The number of methoxy groups -OCH3 is 1. The molecule has 0 spiro atoms. The van der Waals surface area contributed by atoms with Crippen LogP contribution in [-0.2, 0) is 4.79 Å². The van der Waals surface area contributed by atoms with Crippen LogP contribution in [0.5, 0.6) is 5.75 Å². The van der Waals surface area contributed by atoms with Gasteiger partial charge in [0, 0.05) is 36.8 Å². The molecule has 3 amide bonds. The summed E-state index contributed by atoms with van der Waals surface area (Å²) < 4.78 is 5.14. The number of carbonyl (C=O) groups excluding carboxylic acids is 2. The Morgan fingerprint density at radius 2 is 1.85 bits per heavy atom. The van der Waals surface area contributed by atoms with Gasteiger partial charge in [-0.1, -0.05) is 17.7 Å². The van der Waals surface area contributed by atoms with E-state index >= 15 is 0 Å². The van der Waals surface area contributed by atoms with Gasteiger partial charge in [0.2, 0.25) is 5.91 Å². The minimum absolute atomic E-state index is 0.0703. The van der Waals surface area contributed by atoms with Crippen LogP contribution in [0.4, 0.5) is 16.2 Å². The molecule has 6 heteroatoms. The van der Waals surface area contributed by atoms with Gasteiger partial charge in [0.05, 0.1) is 7.11 Å². The first-order chi connectivity index (χ1) is 12.5. The van der Waals surface area contributed by atoms with Crippen LogP contribution in [0.3, 0.4) is 0 Å². The normalized spacial score (nSPS) is 16.5. The number of carbonyl (C=O) groups is 2. The van der Waals surface area contributed by atoms with E-state index in [4.69, 9.17) is 4.74 Å². The van der Waals surface area contributed by atoms with Gasteiger partial charge in [-0.3, -0.25) is 4.79 Å². The summed E-state index contributed by atoms with van der Waals surface area (Å²) in [6.45, 7) is 3.04. The molecule has 2 aromatic rings. The predicted molar refractivity (Wildman–Crippen MR) is 102 cm³/mol. The third-order valence-corrected chi connectivity index (χ3v) is 4.45. The molecule has 0 unspecified atom stereocenters. The fourth-order valence-electron chi connectivity index (χ4n) is 2.98. The minimum Gasteiger partial charge on any atom is -0.497 e. The first kappa shape index (κ1) is 17.8. The second kappa shape index (κ2) is 7.91. The second-order valence-electron chi connectivity index (χ2n) is 6.47. The largest absolute Gasteiger partial charge is 0.497 e. The Bertz CT molecular complexity index is 772. The van der Waals surface area contributed by atoms with E-state index < -0.39 is 0 Å². The summed E-state index contributed by atoms with van der Waals surface area (Å²) in [5, 5.41) is 5.65. The molecule has 1 aliphatic rings. The van der Waals surface area contributed by atoms with Crippen LogP contribution in [0.25, 0.3) is 0 Å². The molecule has 6 nitrogen and oxygen atoms in total. The number of anilines is 2. The summed E-state index contributed by atoms with van der Waals surface area (Å²) in [5.74, 6) is 0.917. The molecule has 0 bridgehead atoms. The first-order valence-corrected chi connectivity index (χ1v) is 8.61. The van der Waals surface area contributed by atoms with E-state index in [1.54, 1.807) is 12.0 Å². The summed E-state index contributed by atoms with van der Waals surface area (Å²) in [5.41, 5.74) is 2.73. The lowest BCUT2D eigenvalue weighted by molar-refractivity contribution is -0.117. The van der Waals surface area contributed by atoms with Crippen molar-refractivity contribution < 1.29 is 14.3 Å². The summed E-state index contributed by atoms with van der Waals surface area (Å²) >= 11 is 0. The van der Waals surface area contributed by atoms with Gasteiger partial charge >= 0.3 is 6.03 Å². The average Bonchev–Trinajstić information content (AvgIpc) is 3.03. The van der Waals surface area contributed by atoms with Crippen molar-refractivity contribution in [1.29, 1.82) is 0 Å². The van der Waals surface area contributed by atoms with Crippen LogP contribution in [-0.4, -0.2) is 32.1 Å². The summed E-state index contributed by atoms with van der Waals surface area (Å²) in [4.78, 5) is 26.1. The van der Waals surface area contributed by atoms with Crippen LogP contribution in [0.2, 0.25) is 0 Å². The number of nitrogens with zero attached hydrogens (tertiary/aromatic N) is 1. The SMILES string of the molecule is COc1ccc(N2C[C@@H](CNC(=O)Nc3ccc(C)cc3)CC2=O)cc1. The monoisotopic (exact) mass is 353 g/mol. The fraction of sp³-hybridized carbons (Fsp3) is 0.300. The Morgan fingerprint density at radius 1 is 1.15 bits per heavy atom. The number of ether oxygens (including phenoxy) is 1. The van der Waals surface area contributed by atoms with E-state index in [-0.39, 0.29) is 17.9 Å². The standard InChI is InChI=1S/C20H23N3O3/c1-14-3-5-16(6-4-14)22-20(25)21-12-15-11-19(24)23(13-15)17-7-9-18(26-2)10-8-17/h3-10,15H,11-13H2,1-2H3,(H2,21,22,25)/t15-/m1/s1. The van der Waals surface area contributed by atoms with E-state index in [2.05, 4.69) is 10.6 Å². The van der Waals surface area contributed by atoms with Gasteiger partial charge < -0.3 is 20.3 Å². The van der Waals surface area contributed by atoms with Crippen molar-refractivity contribution in [3.8, 4) is 5.75 Å². The van der Waals surface area contributed by atoms with Crippen molar-refractivity contribution in [3.63, 3.8) is 0 Å². The Kier molecular flexibility index (Phi) is 5.41. The highest BCUT2D eigenvalue weighted by atomic mass is 16.5. The zero-order chi connectivity index (χ0) is 18.5. The quantitative estimate of drug-likeness (QED) is 0.867. The van der Waals surface area contributed by atoms with Crippen LogP contribution in [0.1, 0.15) is 12.0 Å². The average molecular weight is 353 g/mol. The highest BCUT2D eigenvalue weighted by molar-refractivity contribution is 5.96. The summed E-state index contributed by atoms with van der Waals surface area (Å²) in [6.07, 6.45) is 0.427. The molecule has 1 aliphatic heterocycles. The molecular weight excluding hydrogens is 330 g/mol. The lowest BCUT2D eigenvalue weighted by Crippen LogP contribution is -2.34. The minimum atomic E-state index is -0.260. The number of aryl methyl sites for hydroxylation is 1. The van der Waals surface area contributed by atoms with Gasteiger partial charge in [0.25, 0.3) is 0 Å². The summed E-state index contributed by atoms with van der Waals surface area (Å²) in [7, 11) is 1.61. The van der Waals surface area contributed by atoms with Crippen molar-refractivity contribution in [1.82, 2.24) is 5.32 Å². The third-order valence-electron chi connectivity index (χ3n) is 4.45. The maximum absolute atomic E-state index is 12.3. The topological polar surface area (TPSA) is 70.7 Å². The third kappa shape index (κ3) is 4.33. The van der Waals surface area contributed by atoms with Crippen LogP contribution in [0, 0.1) is 12.8 Å². The molecular formula is C20H23N3O3. The van der Waals surface area contributed by atoms with E-state index in [1.807, 2.05) is 55.5 Å². The molecule has 0 aromatic heterocycles. The van der Waals surface area contributed by atoms with Crippen LogP contribution >= 0.6 is 0 Å². The van der Waals surface area contributed by atoms with Crippen molar-refractivity contribution in [2.24, 2.45) is 5.92 Å². The van der Waals surface area contributed by atoms with Gasteiger partial charge in [-0.15, -0.1) is 0 Å². The molecule has 0 radical (unpaired) electrons. The molecule has 1 heterocycles. The maximum Gasteiger partial charge on any atom is 0.319 e. The van der Waals surface area contributed by atoms with E-state index in [1.165, 1.54) is 0 Å². The number of hydrogen-bond donors (Lipinski definition) is 2. The van der Waals surface area contributed by atoms with Gasteiger partial charge in [-0.2, -0.15) is 0 Å². The van der Waals surface area contributed by atoms with E-state index in [9.17, 15) is 9.59 Å². The zero-order valence-electron chi connectivity index (χ0n) is 15.0. The molecule has 136 valence electrons. The lowest BCUT2D eigenvalue weighted by Gasteiger charge is -2.17.